The van der Waals surface area contributed by atoms with Crippen LogP contribution in [0.4, 0.5) is 5.13 Å². The van der Waals surface area contributed by atoms with Crippen molar-refractivity contribution in [3.05, 3.63) is 66.2 Å². The first kappa shape index (κ1) is 17.2. The number of aliphatic hydroxyl groups excluding tert-OH is 1. The molecule has 0 amide bonds. The monoisotopic (exact) mass is 365 g/mol. The van der Waals surface area contributed by atoms with Crippen LogP contribution in [0.25, 0.3) is 16.3 Å². The number of nitrogens with one attached hydrogen (secondary N) is 1. The van der Waals surface area contributed by atoms with Crippen molar-refractivity contribution in [1.29, 1.82) is 0 Å². The number of rotatable bonds is 5. The van der Waals surface area contributed by atoms with Crippen LogP contribution in [0.5, 0.6) is 0 Å². The minimum Gasteiger partial charge on any atom is -0.390 e. The lowest BCUT2D eigenvalue weighted by atomic mass is 10.0. The van der Waals surface area contributed by atoms with Crippen molar-refractivity contribution in [2.24, 2.45) is 0 Å². The quantitative estimate of drug-likeness (QED) is 0.721. The van der Waals surface area contributed by atoms with E-state index in [0.717, 1.165) is 30.2 Å². The second kappa shape index (κ2) is 7.99. The summed E-state index contributed by atoms with van der Waals surface area (Å²) in [6, 6.07) is 18.5. The highest BCUT2D eigenvalue weighted by Crippen LogP contribution is 2.27. The predicted octanol–water partition coefficient (Wildman–Crippen LogP) is 3.86. The molecule has 2 heterocycles. The number of likely N-dealkylation sites (tertiary alicyclic amines) is 1. The van der Waals surface area contributed by atoms with Gasteiger partial charge in [-0.3, -0.25) is 4.90 Å². The fourth-order valence-corrected chi connectivity index (χ4v) is 4.25. The van der Waals surface area contributed by atoms with Gasteiger partial charge in [-0.1, -0.05) is 66.0 Å². The summed E-state index contributed by atoms with van der Waals surface area (Å²) in [5, 5.41) is 14.9. The third kappa shape index (κ3) is 4.12. The van der Waals surface area contributed by atoms with E-state index in [1.807, 2.05) is 36.4 Å². The molecule has 2 atom stereocenters. The van der Waals surface area contributed by atoms with E-state index in [9.17, 15) is 5.11 Å². The van der Waals surface area contributed by atoms with E-state index < -0.39 is 0 Å². The summed E-state index contributed by atoms with van der Waals surface area (Å²) >= 11 is 1.65. The Morgan fingerprint density at radius 1 is 1.15 bits per heavy atom. The van der Waals surface area contributed by atoms with Gasteiger partial charge < -0.3 is 10.4 Å². The topological polar surface area (TPSA) is 48.4 Å². The second-order valence-corrected chi connectivity index (χ2v) is 7.70. The Labute approximate surface area is 157 Å². The lowest BCUT2D eigenvalue weighted by Crippen LogP contribution is -2.49. The van der Waals surface area contributed by atoms with Gasteiger partial charge in [-0.25, -0.2) is 4.98 Å². The van der Waals surface area contributed by atoms with Crippen molar-refractivity contribution < 1.29 is 5.11 Å². The van der Waals surface area contributed by atoms with Gasteiger partial charge in [0, 0.05) is 19.6 Å². The van der Waals surface area contributed by atoms with Crippen LogP contribution in [0.15, 0.2) is 60.7 Å². The standard InChI is InChI=1S/C21H23N3OS/c25-19-15-24(13-6-9-16-7-2-1-3-8-16)14-12-17(19)22-21-23-18-10-4-5-11-20(18)26-21/h1-11,17,19,25H,12-15H2,(H,22,23). The number of hydrogen-bond donors (Lipinski definition) is 2. The van der Waals surface area contributed by atoms with Gasteiger partial charge in [0.15, 0.2) is 5.13 Å². The molecule has 1 fully saturated rings. The SMILES string of the molecule is OC1CN(CC=Cc2ccccc2)CCC1Nc1nc2ccccc2s1. The van der Waals surface area contributed by atoms with Gasteiger partial charge in [-0.2, -0.15) is 0 Å². The van der Waals surface area contributed by atoms with Gasteiger partial charge in [-0.05, 0) is 24.1 Å². The van der Waals surface area contributed by atoms with Gasteiger partial charge in [0.2, 0.25) is 0 Å². The van der Waals surface area contributed by atoms with Crippen LogP contribution in [-0.4, -0.2) is 46.8 Å². The van der Waals surface area contributed by atoms with Crippen molar-refractivity contribution in [3.63, 3.8) is 0 Å². The number of hydrogen-bond acceptors (Lipinski definition) is 5. The molecule has 134 valence electrons. The minimum absolute atomic E-state index is 0.0601. The lowest BCUT2D eigenvalue weighted by Gasteiger charge is -2.35. The first-order valence-electron chi connectivity index (χ1n) is 9.02. The average molecular weight is 366 g/mol. The number of fused-ring (bicyclic) bond motifs is 1. The van der Waals surface area contributed by atoms with Crippen LogP contribution in [0.1, 0.15) is 12.0 Å². The van der Waals surface area contributed by atoms with Gasteiger partial charge >= 0.3 is 0 Å². The number of aliphatic hydroxyl groups is 1. The largest absolute Gasteiger partial charge is 0.390 e. The Morgan fingerprint density at radius 2 is 1.96 bits per heavy atom. The van der Waals surface area contributed by atoms with Crippen LogP contribution < -0.4 is 5.32 Å². The van der Waals surface area contributed by atoms with Crippen molar-refractivity contribution in [3.8, 4) is 0 Å². The van der Waals surface area contributed by atoms with Crippen LogP contribution in [0.2, 0.25) is 0 Å². The highest BCUT2D eigenvalue weighted by Gasteiger charge is 2.27. The minimum atomic E-state index is -0.388. The lowest BCUT2D eigenvalue weighted by molar-refractivity contribution is 0.0658. The van der Waals surface area contributed by atoms with Crippen molar-refractivity contribution >= 4 is 32.8 Å². The van der Waals surface area contributed by atoms with Crippen molar-refractivity contribution in [2.45, 2.75) is 18.6 Å². The molecule has 1 aliphatic heterocycles. The number of β-amino-alcohol motifs (C(OH)–C–C–N with tert-alkyl or cyclic N) is 1. The maximum Gasteiger partial charge on any atom is 0.184 e. The zero-order valence-corrected chi connectivity index (χ0v) is 15.4. The number of aromatic nitrogens is 1. The molecule has 2 unspecified atom stereocenters. The molecular weight excluding hydrogens is 342 g/mol. The number of para-hydroxylation sites is 1. The Morgan fingerprint density at radius 3 is 2.77 bits per heavy atom. The van der Waals surface area contributed by atoms with Crippen molar-refractivity contribution in [2.75, 3.05) is 25.0 Å². The number of thiazole rings is 1. The number of nitrogens with zero attached hydrogens (tertiary/aromatic N) is 2. The molecule has 1 aromatic heterocycles. The van der Waals surface area contributed by atoms with Gasteiger partial charge in [0.25, 0.3) is 0 Å². The zero-order valence-electron chi connectivity index (χ0n) is 14.6. The molecule has 1 saturated heterocycles. The molecule has 26 heavy (non-hydrogen) atoms. The normalized spacial score (nSPS) is 21.4. The molecule has 5 heteroatoms. The molecule has 1 aliphatic rings. The highest BCUT2D eigenvalue weighted by molar-refractivity contribution is 7.22. The summed E-state index contributed by atoms with van der Waals surface area (Å²) in [6.07, 6.45) is 4.83. The molecule has 2 N–H and O–H groups in total. The maximum atomic E-state index is 10.5. The van der Waals surface area contributed by atoms with Crippen LogP contribution in [0, 0.1) is 0 Å². The van der Waals surface area contributed by atoms with E-state index in [1.165, 1.54) is 10.3 Å². The highest BCUT2D eigenvalue weighted by atomic mass is 32.1. The molecule has 0 bridgehead atoms. The van der Waals surface area contributed by atoms with Crippen LogP contribution in [0.3, 0.4) is 0 Å². The zero-order chi connectivity index (χ0) is 17.8. The van der Waals surface area contributed by atoms with E-state index >= 15 is 0 Å². The van der Waals surface area contributed by atoms with E-state index in [-0.39, 0.29) is 12.1 Å². The Balaban J connectivity index is 1.31. The molecule has 3 aromatic rings. The maximum absolute atomic E-state index is 10.5. The van der Waals surface area contributed by atoms with E-state index in [1.54, 1.807) is 11.3 Å². The number of benzene rings is 2. The number of anilines is 1. The summed E-state index contributed by atoms with van der Waals surface area (Å²) in [4.78, 5) is 6.91. The average Bonchev–Trinajstić information content (AvgIpc) is 3.07. The number of piperidine rings is 1. The Bertz CT molecular complexity index is 844. The smallest absolute Gasteiger partial charge is 0.184 e. The molecule has 0 aliphatic carbocycles. The fourth-order valence-electron chi connectivity index (χ4n) is 3.33. The van der Waals surface area contributed by atoms with Gasteiger partial charge in [-0.15, -0.1) is 0 Å². The molecule has 0 saturated carbocycles. The summed E-state index contributed by atoms with van der Waals surface area (Å²) in [7, 11) is 0. The molecule has 2 aromatic carbocycles. The van der Waals surface area contributed by atoms with Crippen molar-refractivity contribution in [1.82, 2.24) is 9.88 Å². The van der Waals surface area contributed by atoms with Crippen LogP contribution in [-0.2, 0) is 0 Å². The van der Waals surface area contributed by atoms with E-state index in [2.05, 4.69) is 45.6 Å². The summed E-state index contributed by atoms with van der Waals surface area (Å²) < 4.78 is 1.17. The summed E-state index contributed by atoms with van der Waals surface area (Å²) in [6.45, 7) is 2.51. The fraction of sp³-hybridized carbons (Fsp3) is 0.286. The third-order valence-electron chi connectivity index (χ3n) is 4.74. The van der Waals surface area contributed by atoms with Gasteiger partial charge in [0.05, 0.1) is 22.4 Å². The van der Waals surface area contributed by atoms with Crippen LogP contribution >= 0.6 is 11.3 Å². The molecule has 4 rings (SSSR count). The van der Waals surface area contributed by atoms with E-state index in [4.69, 9.17) is 0 Å². The third-order valence-corrected chi connectivity index (χ3v) is 5.71. The molecular formula is C21H23N3OS. The summed E-state index contributed by atoms with van der Waals surface area (Å²) in [5.41, 5.74) is 2.22. The second-order valence-electron chi connectivity index (χ2n) is 6.67. The molecule has 0 radical (unpaired) electrons. The Hall–Kier alpha value is -2.21. The molecule has 0 spiro atoms. The first-order chi connectivity index (χ1) is 12.8. The molecule has 4 nitrogen and oxygen atoms in total. The van der Waals surface area contributed by atoms with E-state index in [0.29, 0.717) is 6.54 Å². The predicted molar refractivity (Wildman–Crippen MR) is 110 cm³/mol. The Kier molecular flexibility index (Phi) is 5.29. The summed E-state index contributed by atoms with van der Waals surface area (Å²) in [5.74, 6) is 0. The first-order valence-corrected chi connectivity index (χ1v) is 9.84. The van der Waals surface area contributed by atoms with Gasteiger partial charge in [0.1, 0.15) is 0 Å².